The van der Waals surface area contributed by atoms with Crippen molar-refractivity contribution in [3.8, 4) is 16.9 Å². The molecule has 6 rings (SSSR count). The van der Waals surface area contributed by atoms with E-state index in [2.05, 4.69) is 9.97 Å². The fraction of sp³-hybridized carbons (Fsp3) is 0.167. The number of pyridine rings is 2. The molecule has 0 aliphatic heterocycles. The van der Waals surface area contributed by atoms with Crippen LogP contribution in [0.3, 0.4) is 0 Å². The average Bonchev–Trinajstić information content (AvgIpc) is 3.53. The Morgan fingerprint density at radius 1 is 1.22 bits per heavy atom. The second-order valence-corrected chi connectivity index (χ2v) is 10.3. The summed E-state index contributed by atoms with van der Waals surface area (Å²) in [5.74, 6) is -1.21. The molecule has 0 fully saturated rings. The molecule has 0 amide bonds. The Morgan fingerprint density at radius 3 is 2.83 bits per heavy atom. The lowest BCUT2D eigenvalue weighted by Crippen LogP contribution is -2.22. The third-order valence-electron chi connectivity index (χ3n) is 6.93. The lowest BCUT2D eigenvalue weighted by molar-refractivity contribution is 0.0471. The number of likely N-dealkylation sites (N-methyl/N-ethyl adjacent to an activating group) is 1. The summed E-state index contributed by atoms with van der Waals surface area (Å²) in [5, 5.41) is 11.3. The van der Waals surface area contributed by atoms with Crippen LogP contribution in [0.4, 0.5) is 4.39 Å². The third kappa shape index (κ3) is 4.71. The molecule has 0 spiro atoms. The maximum Gasteiger partial charge on any atom is 0.355 e. The number of aromatic amines is 1. The van der Waals surface area contributed by atoms with Crippen LogP contribution in [0, 0.1) is 5.82 Å². The normalized spacial score (nSPS) is 11.7. The number of carbonyl (C=O) groups is 1. The van der Waals surface area contributed by atoms with E-state index < -0.39 is 17.3 Å². The van der Waals surface area contributed by atoms with Gasteiger partial charge >= 0.3 is 5.97 Å². The largest absolute Gasteiger partial charge is 0.508 e. The van der Waals surface area contributed by atoms with Gasteiger partial charge in [-0.3, -0.25) is 4.79 Å². The lowest BCUT2D eigenvalue weighted by Gasteiger charge is -2.15. The van der Waals surface area contributed by atoms with E-state index in [1.54, 1.807) is 28.8 Å². The number of esters is 1. The number of phenolic OH excluding ortho intramolecular Hbond substituents is 1. The number of hydrogen-bond donors (Lipinski definition) is 2. The van der Waals surface area contributed by atoms with Crippen LogP contribution in [-0.4, -0.2) is 57.8 Å². The van der Waals surface area contributed by atoms with Crippen LogP contribution in [0.25, 0.3) is 43.9 Å². The van der Waals surface area contributed by atoms with Gasteiger partial charge in [-0.15, -0.1) is 0 Å². The molecule has 41 heavy (non-hydrogen) atoms. The standard InChI is InChI=1S/C30H24ClFN4O5/c1-35(2)9-11-41-30(39)26-24(20-4-3-8-33-29(20)38)25-23(14-21(32)19-7-10-40-27(19)25)36(26)15-17-12-16-5-6-18(37)13-22(16)34-28(17)31/h3-8,10,12-14,37H,9,11,15H2,1-2H3,(H,33,38). The summed E-state index contributed by atoms with van der Waals surface area (Å²) < 4.78 is 28.4. The molecule has 0 radical (unpaired) electrons. The van der Waals surface area contributed by atoms with E-state index in [9.17, 15) is 14.7 Å². The molecule has 6 aromatic rings. The highest BCUT2D eigenvalue weighted by Gasteiger charge is 2.30. The maximum absolute atomic E-state index is 15.4. The number of nitrogens with one attached hydrogen (secondary N) is 1. The Balaban J connectivity index is 1.66. The van der Waals surface area contributed by atoms with Gasteiger partial charge in [0.05, 0.1) is 40.2 Å². The number of ether oxygens (including phenoxy) is 1. The second-order valence-electron chi connectivity index (χ2n) is 9.89. The van der Waals surface area contributed by atoms with Gasteiger partial charge in [-0.1, -0.05) is 11.6 Å². The topological polar surface area (TPSA) is 114 Å². The minimum Gasteiger partial charge on any atom is -0.508 e. The van der Waals surface area contributed by atoms with Gasteiger partial charge in [0, 0.05) is 35.3 Å². The molecule has 0 aliphatic rings. The number of H-pyrrole nitrogens is 1. The number of aromatic nitrogens is 3. The molecular weight excluding hydrogens is 551 g/mol. The van der Waals surface area contributed by atoms with Gasteiger partial charge in [-0.05, 0) is 56.6 Å². The van der Waals surface area contributed by atoms with Crippen LogP contribution in [0.2, 0.25) is 5.15 Å². The van der Waals surface area contributed by atoms with E-state index in [-0.39, 0.29) is 51.8 Å². The number of hydrogen-bond acceptors (Lipinski definition) is 7. The molecule has 0 aliphatic carbocycles. The van der Waals surface area contributed by atoms with Crippen LogP contribution >= 0.6 is 11.6 Å². The number of furan rings is 1. The van der Waals surface area contributed by atoms with Crippen LogP contribution in [-0.2, 0) is 11.3 Å². The molecule has 0 saturated carbocycles. The van der Waals surface area contributed by atoms with Crippen molar-refractivity contribution in [1.82, 2.24) is 19.4 Å². The Kier molecular flexibility index (Phi) is 6.72. The first kappa shape index (κ1) is 26.5. The van der Waals surface area contributed by atoms with Gasteiger partial charge in [0.15, 0.2) is 0 Å². The fourth-order valence-electron chi connectivity index (χ4n) is 5.01. The number of benzene rings is 2. The van der Waals surface area contributed by atoms with Crippen molar-refractivity contribution < 1.29 is 23.4 Å². The Labute approximate surface area is 237 Å². The van der Waals surface area contributed by atoms with Crippen LogP contribution in [0.1, 0.15) is 16.1 Å². The highest BCUT2D eigenvalue weighted by atomic mass is 35.5. The number of fused-ring (bicyclic) bond motifs is 4. The number of halogens is 2. The van der Waals surface area contributed by atoms with E-state index in [0.717, 1.165) is 0 Å². The molecule has 2 aromatic carbocycles. The van der Waals surface area contributed by atoms with Gasteiger partial charge in [0.1, 0.15) is 34.6 Å². The van der Waals surface area contributed by atoms with Crippen LogP contribution in [0.15, 0.2) is 70.2 Å². The van der Waals surface area contributed by atoms with Gasteiger partial charge in [-0.25, -0.2) is 14.2 Å². The minimum atomic E-state index is -0.698. The van der Waals surface area contributed by atoms with Crippen molar-refractivity contribution >= 4 is 50.3 Å². The van der Waals surface area contributed by atoms with Crippen molar-refractivity contribution in [2.75, 3.05) is 27.2 Å². The van der Waals surface area contributed by atoms with E-state index >= 15 is 4.39 Å². The molecule has 2 N–H and O–H groups in total. The number of aromatic hydroxyl groups is 1. The van der Waals surface area contributed by atoms with Crippen molar-refractivity contribution in [3.63, 3.8) is 0 Å². The maximum atomic E-state index is 15.4. The third-order valence-corrected chi connectivity index (χ3v) is 7.25. The molecule has 0 bridgehead atoms. The first-order valence-electron chi connectivity index (χ1n) is 12.7. The summed E-state index contributed by atoms with van der Waals surface area (Å²) in [5.41, 5.74) is 1.56. The zero-order valence-corrected chi connectivity index (χ0v) is 22.8. The summed E-state index contributed by atoms with van der Waals surface area (Å²) in [7, 11) is 3.70. The molecule has 4 heterocycles. The second kappa shape index (κ2) is 10.4. The summed E-state index contributed by atoms with van der Waals surface area (Å²) in [6.07, 6.45) is 2.85. The number of phenols is 1. The molecule has 0 unspecified atom stereocenters. The Bertz CT molecular complexity index is 2030. The molecular formula is C30H24ClFN4O5. The van der Waals surface area contributed by atoms with E-state index in [4.69, 9.17) is 20.8 Å². The first-order chi connectivity index (χ1) is 19.7. The number of nitrogens with zero attached hydrogens (tertiary/aromatic N) is 3. The highest BCUT2D eigenvalue weighted by Crippen LogP contribution is 2.41. The summed E-state index contributed by atoms with van der Waals surface area (Å²) in [6, 6.07) is 12.5. The quantitative estimate of drug-likeness (QED) is 0.190. The first-order valence-corrected chi connectivity index (χ1v) is 13.1. The number of rotatable bonds is 7. The lowest BCUT2D eigenvalue weighted by atomic mass is 10.0. The predicted molar refractivity (Wildman–Crippen MR) is 154 cm³/mol. The van der Waals surface area contributed by atoms with Crippen molar-refractivity contribution in [1.29, 1.82) is 0 Å². The monoisotopic (exact) mass is 574 g/mol. The fourth-order valence-corrected chi connectivity index (χ4v) is 5.21. The van der Waals surface area contributed by atoms with Crippen LogP contribution < -0.4 is 5.56 Å². The average molecular weight is 575 g/mol. The smallest absolute Gasteiger partial charge is 0.355 e. The van der Waals surface area contributed by atoms with Crippen molar-refractivity contribution in [3.05, 3.63) is 93.6 Å². The van der Waals surface area contributed by atoms with E-state index in [1.807, 2.05) is 19.0 Å². The van der Waals surface area contributed by atoms with Crippen molar-refractivity contribution in [2.45, 2.75) is 6.54 Å². The summed E-state index contributed by atoms with van der Waals surface area (Å²) >= 11 is 6.59. The summed E-state index contributed by atoms with van der Waals surface area (Å²) in [6.45, 7) is 0.551. The molecule has 4 aromatic heterocycles. The van der Waals surface area contributed by atoms with Gasteiger partial charge in [-0.2, -0.15) is 0 Å². The zero-order chi connectivity index (χ0) is 28.8. The van der Waals surface area contributed by atoms with Crippen LogP contribution in [0.5, 0.6) is 5.75 Å². The number of carbonyl (C=O) groups excluding carboxylic acids is 1. The predicted octanol–water partition coefficient (Wildman–Crippen LogP) is 5.56. The molecule has 11 heteroatoms. The SMILES string of the molecule is CN(C)CCOC(=O)c1c(-c2ccc[nH]c2=O)c2c3occc3c(F)cc2n1Cc1cc2ccc(O)cc2nc1Cl. The van der Waals surface area contributed by atoms with E-state index in [1.165, 1.54) is 36.7 Å². The molecule has 208 valence electrons. The molecule has 9 nitrogen and oxygen atoms in total. The van der Waals surface area contributed by atoms with E-state index in [0.29, 0.717) is 33.9 Å². The van der Waals surface area contributed by atoms with Crippen molar-refractivity contribution in [2.24, 2.45) is 0 Å². The highest BCUT2D eigenvalue weighted by molar-refractivity contribution is 6.30. The zero-order valence-electron chi connectivity index (χ0n) is 22.1. The summed E-state index contributed by atoms with van der Waals surface area (Å²) in [4.78, 5) is 35.9. The molecule has 0 saturated heterocycles. The minimum absolute atomic E-state index is 0.00629. The van der Waals surface area contributed by atoms with Gasteiger partial charge in [0.2, 0.25) is 0 Å². The Morgan fingerprint density at radius 2 is 2.05 bits per heavy atom. The van der Waals surface area contributed by atoms with Gasteiger partial charge in [0.25, 0.3) is 5.56 Å². The molecule has 0 atom stereocenters. The van der Waals surface area contributed by atoms with Gasteiger partial charge < -0.3 is 28.7 Å². The Hall–Kier alpha value is -4.67.